The lowest BCUT2D eigenvalue weighted by molar-refractivity contribution is 0.880. The molecule has 0 saturated carbocycles. The Bertz CT molecular complexity index is 857. The van der Waals surface area contributed by atoms with Gasteiger partial charge < -0.3 is 5.32 Å². The van der Waals surface area contributed by atoms with Crippen molar-refractivity contribution >= 4 is 5.69 Å². The van der Waals surface area contributed by atoms with Crippen LogP contribution in [0.1, 0.15) is 24.1 Å². The summed E-state index contributed by atoms with van der Waals surface area (Å²) in [6.07, 6.45) is 0. The fourth-order valence-electron chi connectivity index (χ4n) is 2.57. The maximum absolute atomic E-state index is 11.9. The Balaban J connectivity index is 1.93. The van der Waals surface area contributed by atoms with Crippen LogP contribution in [0, 0.1) is 6.92 Å². The van der Waals surface area contributed by atoms with Gasteiger partial charge in [-0.2, -0.15) is 0 Å². The normalized spacial score (nSPS) is 12.3. The predicted molar refractivity (Wildman–Crippen MR) is 90.0 cm³/mol. The molecule has 3 aromatic carbocycles. The fourth-order valence-corrected chi connectivity index (χ4v) is 2.57. The molecule has 0 fully saturated rings. The van der Waals surface area contributed by atoms with Gasteiger partial charge in [0.1, 0.15) is 0 Å². The van der Waals surface area contributed by atoms with E-state index in [2.05, 4.69) is 5.32 Å². The minimum absolute atomic E-state index is 0.0336. The first kappa shape index (κ1) is 14.3. The van der Waals surface area contributed by atoms with Crippen molar-refractivity contribution < 1.29 is 0 Å². The number of hydrogen-bond donors (Lipinski definition) is 1. The van der Waals surface area contributed by atoms with Crippen LogP contribution in [0.15, 0.2) is 64.2 Å². The first-order valence-electron chi connectivity index (χ1n) is 7.29. The maximum Gasteiger partial charge on any atom is 0.250 e. The van der Waals surface area contributed by atoms with Crippen molar-refractivity contribution in [3.63, 3.8) is 0 Å². The van der Waals surface area contributed by atoms with Gasteiger partial charge in [-0.05, 0) is 25.0 Å². The van der Waals surface area contributed by atoms with Crippen molar-refractivity contribution in [3.05, 3.63) is 86.2 Å². The maximum atomic E-state index is 11.9. The van der Waals surface area contributed by atoms with Crippen molar-refractivity contribution in [3.8, 4) is 11.1 Å². The zero-order chi connectivity index (χ0) is 15.7. The second kappa shape index (κ2) is 5.60. The Morgan fingerprint density at radius 3 is 2.14 bits per heavy atom. The van der Waals surface area contributed by atoms with Crippen molar-refractivity contribution in [2.45, 2.75) is 19.9 Å². The van der Waals surface area contributed by atoms with Crippen LogP contribution < -0.4 is 16.2 Å². The summed E-state index contributed by atoms with van der Waals surface area (Å²) in [5, 5.41) is 3.19. The summed E-state index contributed by atoms with van der Waals surface area (Å²) in [5.74, 6) is 0. The van der Waals surface area contributed by atoms with E-state index in [9.17, 15) is 9.59 Å². The first-order chi connectivity index (χ1) is 10.6. The summed E-state index contributed by atoms with van der Waals surface area (Å²) in [5.41, 5.74) is 3.06. The van der Waals surface area contributed by atoms with E-state index in [1.165, 1.54) is 0 Å². The molecule has 3 heteroatoms. The van der Waals surface area contributed by atoms with E-state index in [-0.39, 0.29) is 6.04 Å². The van der Waals surface area contributed by atoms with Gasteiger partial charge in [0.2, 0.25) is 10.9 Å². The molecule has 0 saturated heterocycles. The molecule has 1 unspecified atom stereocenters. The SMILES string of the molecule is Cc1ccc(-c2c(NC(C)c3ccccc3)c(=O)c2=O)cc1. The lowest BCUT2D eigenvalue weighted by Gasteiger charge is -2.19. The second-order valence-electron chi connectivity index (χ2n) is 5.55. The molecule has 0 aliphatic carbocycles. The fraction of sp³-hybridized carbons (Fsp3) is 0.158. The molecule has 0 heterocycles. The van der Waals surface area contributed by atoms with E-state index < -0.39 is 10.9 Å². The Kier molecular flexibility index (Phi) is 3.63. The molecular weight excluding hydrogens is 274 g/mol. The van der Waals surface area contributed by atoms with E-state index >= 15 is 0 Å². The monoisotopic (exact) mass is 291 g/mol. The van der Waals surface area contributed by atoms with Gasteiger partial charge in [0.05, 0.1) is 11.3 Å². The molecular formula is C19H17NO2. The first-order valence-corrected chi connectivity index (χ1v) is 7.29. The van der Waals surface area contributed by atoms with Gasteiger partial charge >= 0.3 is 0 Å². The highest BCUT2D eigenvalue weighted by molar-refractivity contribution is 5.82. The minimum Gasteiger partial charge on any atom is -0.375 e. The van der Waals surface area contributed by atoms with Crippen molar-refractivity contribution in [1.29, 1.82) is 0 Å². The van der Waals surface area contributed by atoms with Crippen molar-refractivity contribution in [1.82, 2.24) is 0 Å². The number of aryl methyl sites for hydroxylation is 1. The van der Waals surface area contributed by atoms with Gasteiger partial charge in [-0.15, -0.1) is 0 Å². The molecule has 3 nitrogen and oxygen atoms in total. The smallest absolute Gasteiger partial charge is 0.250 e. The van der Waals surface area contributed by atoms with Crippen LogP contribution in [-0.2, 0) is 0 Å². The van der Waals surface area contributed by atoms with Gasteiger partial charge in [0, 0.05) is 6.04 Å². The largest absolute Gasteiger partial charge is 0.375 e. The molecule has 0 bridgehead atoms. The highest BCUT2D eigenvalue weighted by Gasteiger charge is 2.23. The van der Waals surface area contributed by atoms with Crippen LogP contribution in [0.3, 0.4) is 0 Å². The molecule has 3 rings (SSSR count). The molecule has 0 aliphatic rings. The molecule has 1 N–H and O–H groups in total. The van der Waals surface area contributed by atoms with Crippen LogP contribution in [0.5, 0.6) is 0 Å². The van der Waals surface area contributed by atoms with E-state index in [1.807, 2.05) is 68.4 Å². The molecule has 3 aromatic rings. The van der Waals surface area contributed by atoms with E-state index in [1.54, 1.807) is 0 Å². The molecule has 110 valence electrons. The highest BCUT2D eigenvalue weighted by atomic mass is 16.2. The predicted octanol–water partition coefficient (Wildman–Crippen LogP) is 3.43. The highest BCUT2D eigenvalue weighted by Crippen LogP contribution is 2.27. The van der Waals surface area contributed by atoms with Crippen LogP contribution in [-0.4, -0.2) is 0 Å². The Morgan fingerprint density at radius 1 is 0.864 bits per heavy atom. The quantitative estimate of drug-likeness (QED) is 0.749. The summed E-state index contributed by atoms with van der Waals surface area (Å²) in [4.78, 5) is 23.8. The number of benzene rings is 2. The molecule has 0 radical (unpaired) electrons. The molecule has 22 heavy (non-hydrogen) atoms. The Morgan fingerprint density at radius 2 is 1.50 bits per heavy atom. The molecule has 0 aliphatic heterocycles. The number of rotatable bonds is 4. The lowest BCUT2D eigenvalue weighted by atomic mass is 9.96. The van der Waals surface area contributed by atoms with Crippen LogP contribution in [0.2, 0.25) is 0 Å². The Labute approximate surface area is 128 Å². The van der Waals surface area contributed by atoms with Crippen LogP contribution in [0.4, 0.5) is 5.69 Å². The average Bonchev–Trinajstić information content (AvgIpc) is 2.56. The topological polar surface area (TPSA) is 46.2 Å². The van der Waals surface area contributed by atoms with Gasteiger partial charge in [-0.3, -0.25) is 9.59 Å². The zero-order valence-electron chi connectivity index (χ0n) is 12.6. The summed E-state index contributed by atoms with van der Waals surface area (Å²) < 4.78 is 0. The van der Waals surface area contributed by atoms with E-state index in [0.717, 1.165) is 16.7 Å². The zero-order valence-corrected chi connectivity index (χ0v) is 12.6. The van der Waals surface area contributed by atoms with Gasteiger partial charge in [-0.25, -0.2) is 0 Å². The average molecular weight is 291 g/mol. The summed E-state index contributed by atoms with van der Waals surface area (Å²) in [6.45, 7) is 3.97. The van der Waals surface area contributed by atoms with Gasteiger partial charge in [-0.1, -0.05) is 60.2 Å². The summed E-state index contributed by atoms with van der Waals surface area (Å²) >= 11 is 0. The molecule has 0 spiro atoms. The van der Waals surface area contributed by atoms with Gasteiger partial charge in [0.25, 0.3) is 0 Å². The Hall–Kier alpha value is -2.68. The van der Waals surface area contributed by atoms with Crippen molar-refractivity contribution in [2.24, 2.45) is 0 Å². The third-order valence-corrected chi connectivity index (χ3v) is 3.91. The molecule has 0 amide bonds. The molecule has 0 aromatic heterocycles. The third-order valence-electron chi connectivity index (χ3n) is 3.91. The van der Waals surface area contributed by atoms with Crippen LogP contribution >= 0.6 is 0 Å². The number of anilines is 1. The standard InChI is InChI=1S/C19H17NO2/c1-12-8-10-15(11-9-12)16-17(19(22)18(16)21)20-13(2)14-6-4-3-5-7-14/h3-11,13,20H,1-2H3. The van der Waals surface area contributed by atoms with Gasteiger partial charge in [0.15, 0.2) is 0 Å². The number of hydrogen-bond acceptors (Lipinski definition) is 3. The van der Waals surface area contributed by atoms with E-state index in [0.29, 0.717) is 11.3 Å². The van der Waals surface area contributed by atoms with E-state index in [4.69, 9.17) is 0 Å². The minimum atomic E-state index is -0.432. The van der Waals surface area contributed by atoms with Crippen molar-refractivity contribution in [2.75, 3.05) is 5.32 Å². The van der Waals surface area contributed by atoms with Crippen LogP contribution in [0.25, 0.3) is 11.1 Å². The second-order valence-corrected chi connectivity index (χ2v) is 5.55. The third kappa shape index (κ3) is 2.46. The summed E-state index contributed by atoms with van der Waals surface area (Å²) in [6, 6.07) is 17.5. The molecule has 1 atom stereocenters. The number of nitrogens with one attached hydrogen (secondary N) is 1. The lowest BCUT2D eigenvalue weighted by Crippen LogP contribution is -2.36. The summed E-state index contributed by atoms with van der Waals surface area (Å²) in [7, 11) is 0.